The van der Waals surface area contributed by atoms with Gasteiger partial charge in [-0.25, -0.2) is 4.98 Å². The highest BCUT2D eigenvalue weighted by molar-refractivity contribution is 5.65. The van der Waals surface area contributed by atoms with E-state index < -0.39 is 0 Å². The van der Waals surface area contributed by atoms with Crippen molar-refractivity contribution in [1.82, 2.24) is 4.98 Å². The summed E-state index contributed by atoms with van der Waals surface area (Å²) < 4.78 is 5.58. The zero-order valence-electron chi connectivity index (χ0n) is 14.4. The van der Waals surface area contributed by atoms with Gasteiger partial charge < -0.3 is 20.1 Å². The molecule has 2 aliphatic heterocycles. The van der Waals surface area contributed by atoms with Crippen LogP contribution >= 0.6 is 0 Å². The number of ether oxygens (including phenoxy) is 1. The maximum atomic E-state index is 9.32. The maximum absolute atomic E-state index is 9.32. The number of benzene rings is 1. The van der Waals surface area contributed by atoms with Gasteiger partial charge in [0.2, 0.25) is 0 Å². The van der Waals surface area contributed by atoms with E-state index >= 15 is 0 Å². The van der Waals surface area contributed by atoms with E-state index in [1.807, 2.05) is 12.3 Å². The van der Waals surface area contributed by atoms with E-state index in [2.05, 4.69) is 39.5 Å². The first kappa shape index (κ1) is 16.2. The Bertz CT molecular complexity index is 727. The second-order valence-corrected chi connectivity index (χ2v) is 6.88. The third-order valence-electron chi connectivity index (χ3n) is 5.20. The van der Waals surface area contributed by atoms with Crippen molar-refractivity contribution in [3.05, 3.63) is 47.7 Å². The van der Waals surface area contributed by atoms with Crippen molar-refractivity contribution in [2.24, 2.45) is 5.92 Å². The van der Waals surface area contributed by atoms with Crippen LogP contribution in [0.5, 0.6) is 5.75 Å². The molecule has 1 fully saturated rings. The van der Waals surface area contributed by atoms with Gasteiger partial charge in [-0.3, -0.25) is 0 Å². The number of nitrogens with zero attached hydrogens (tertiary/aromatic N) is 2. The van der Waals surface area contributed by atoms with Crippen LogP contribution in [0.15, 0.2) is 36.5 Å². The number of piperidine rings is 1. The van der Waals surface area contributed by atoms with E-state index in [1.54, 1.807) is 0 Å². The summed E-state index contributed by atoms with van der Waals surface area (Å²) in [5, 5.41) is 12.9. The van der Waals surface area contributed by atoms with Gasteiger partial charge >= 0.3 is 0 Å². The molecule has 0 aliphatic carbocycles. The van der Waals surface area contributed by atoms with Crippen LogP contribution in [0.25, 0.3) is 0 Å². The van der Waals surface area contributed by atoms with Crippen molar-refractivity contribution in [1.29, 1.82) is 0 Å². The number of rotatable bonds is 5. The molecule has 2 aliphatic rings. The Balaban J connectivity index is 1.44. The number of hydrogen-bond acceptors (Lipinski definition) is 5. The standard InChI is InChI=1S/C20H25N3O2/c24-14-15-5-9-23(10-6-15)20-18(2-1-8-21-20)22-13-16-3-4-19-17(12-16)7-11-25-19/h1-4,8,12,15,22,24H,5-7,9-11,13-14H2. The van der Waals surface area contributed by atoms with Crippen LogP contribution in [0.4, 0.5) is 11.5 Å². The summed E-state index contributed by atoms with van der Waals surface area (Å²) in [5.74, 6) is 2.48. The Morgan fingerprint density at radius 1 is 1.24 bits per heavy atom. The van der Waals surface area contributed by atoms with Crippen molar-refractivity contribution >= 4 is 11.5 Å². The molecule has 0 radical (unpaired) electrons. The first-order valence-electron chi connectivity index (χ1n) is 9.13. The lowest BCUT2D eigenvalue weighted by Crippen LogP contribution is -2.35. The van der Waals surface area contributed by atoms with Crippen LogP contribution in [0.1, 0.15) is 24.0 Å². The molecule has 5 heteroatoms. The average Bonchev–Trinajstić information content (AvgIpc) is 3.14. The number of fused-ring (bicyclic) bond motifs is 1. The first-order valence-corrected chi connectivity index (χ1v) is 9.13. The third-order valence-corrected chi connectivity index (χ3v) is 5.20. The van der Waals surface area contributed by atoms with Crippen molar-refractivity contribution in [3.63, 3.8) is 0 Å². The molecule has 0 amide bonds. The zero-order valence-corrected chi connectivity index (χ0v) is 14.4. The minimum Gasteiger partial charge on any atom is -0.493 e. The van der Waals surface area contributed by atoms with Crippen LogP contribution in [0.2, 0.25) is 0 Å². The largest absolute Gasteiger partial charge is 0.493 e. The van der Waals surface area contributed by atoms with Gasteiger partial charge in [0.15, 0.2) is 5.82 Å². The Morgan fingerprint density at radius 2 is 2.12 bits per heavy atom. The molecule has 1 saturated heterocycles. The molecule has 3 heterocycles. The van der Waals surface area contributed by atoms with Gasteiger partial charge in [-0.1, -0.05) is 12.1 Å². The summed E-state index contributed by atoms with van der Waals surface area (Å²) in [4.78, 5) is 6.93. The highest BCUT2D eigenvalue weighted by Crippen LogP contribution is 2.29. The van der Waals surface area contributed by atoms with Gasteiger partial charge in [-0.15, -0.1) is 0 Å². The Hall–Kier alpha value is -2.27. The lowest BCUT2D eigenvalue weighted by atomic mass is 9.98. The van der Waals surface area contributed by atoms with Crippen molar-refractivity contribution < 1.29 is 9.84 Å². The molecule has 0 bridgehead atoms. The molecule has 0 atom stereocenters. The summed E-state index contributed by atoms with van der Waals surface area (Å²) in [6.45, 7) is 3.77. The topological polar surface area (TPSA) is 57.6 Å². The minimum atomic E-state index is 0.295. The predicted octanol–water partition coefficient (Wildman–Crippen LogP) is 2.84. The van der Waals surface area contributed by atoms with Gasteiger partial charge in [-0.2, -0.15) is 0 Å². The third kappa shape index (κ3) is 3.56. The van der Waals surface area contributed by atoms with Gasteiger partial charge in [0, 0.05) is 38.9 Å². The van der Waals surface area contributed by atoms with Crippen LogP contribution < -0.4 is 15.0 Å². The molecular weight excluding hydrogens is 314 g/mol. The SMILES string of the molecule is OCC1CCN(c2ncccc2NCc2ccc3c(c2)CCO3)CC1. The first-order chi connectivity index (χ1) is 12.3. The Labute approximate surface area is 148 Å². The fourth-order valence-corrected chi connectivity index (χ4v) is 3.66. The molecule has 2 aromatic rings. The highest BCUT2D eigenvalue weighted by Gasteiger charge is 2.21. The van der Waals surface area contributed by atoms with E-state index in [9.17, 15) is 5.11 Å². The lowest BCUT2D eigenvalue weighted by Gasteiger charge is -2.33. The number of aromatic nitrogens is 1. The van der Waals surface area contributed by atoms with E-state index in [-0.39, 0.29) is 0 Å². The van der Waals surface area contributed by atoms with Crippen molar-refractivity contribution in [2.45, 2.75) is 25.8 Å². The average molecular weight is 339 g/mol. The molecule has 0 unspecified atom stereocenters. The summed E-state index contributed by atoms with van der Waals surface area (Å²) in [5.41, 5.74) is 3.64. The maximum Gasteiger partial charge on any atom is 0.151 e. The second kappa shape index (κ2) is 7.31. The zero-order chi connectivity index (χ0) is 17.1. The summed E-state index contributed by atoms with van der Waals surface area (Å²) >= 11 is 0. The second-order valence-electron chi connectivity index (χ2n) is 6.88. The summed E-state index contributed by atoms with van der Waals surface area (Å²) in [6, 6.07) is 10.5. The molecule has 1 aromatic carbocycles. The van der Waals surface area contributed by atoms with Crippen molar-refractivity contribution in [3.8, 4) is 5.75 Å². The Kier molecular flexibility index (Phi) is 4.74. The van der Waals surface area contributed by atoms with Gasteiger partial charge in [-0.05, 0) is 48.1 Å². The fourth-order valence-electron chi connectivity index (χ4n) is 3.66. The van der Waals surface area contributed by atoms with E-state index in [1.165, 1.54) is 11.1 Å². The van der Waals surface area contributed by atoms with Crippen LogP contribution in [-0.2, 0) is 13.0 Å². The molecule has 0 saturated carbocycles. The van der Waals surface area contributed by atoms with E-state index in [0.717, 1.165) is 62.8 Å². The van der Waals surface area contributed by atoms with Crippen molar-refractivity contribution in [2.75, 3.05) is 36.5 Å². The normalized spacial score (nSPS) is 17.2. The number of pyridine rings is 1. The summed E-state index contributed by atoms with van der Waals surface area (Å²) in [6.07, 6.45) is 4.90. The smallest absolute Gasteiger partial charge is 0.151 e. The molecule has 0 spiro atoms. The van der Waals surface area contributed by atoms with Crippen LogP contribution in [0.3, 0.4) is 0 Å². The molecular formula is C20H25N3O2. The van der Waals surface area contributed by atoms with Gasteiger partial charge in [0.1, 0.15) is 5.75 Å². The number of nitrogens with one attached hydrogen (secondary N) is 1. The number of aliphatic hydroxyl groups is 1. The molecule has 2 N–H and O–H groups in total. The monoisotopic (exact) mass is 339 g/mol. The molecule has 132 valence electrons. The molecule has 1 aromatic heterocycles. The van der Waals surface area contributed by atoms with Gasteiger partial charge in [0.25, 0.3) is 0 Å². The predicted molar refractivity (Wildman–Crippen MR) is 99.2 cm³/mol. The van der Waals surface area contributed by atoms with E-state index in [4.69, 9.17) is 4.74 Å². The fraction of sp³-hybridized carbons (Fsp3) is 0.450. The molecule has 4 rings (SSSR count). The van der Waals surface area contributed by atoms with E-state index in [0.29, 0.717) is 12.5 Å². The van der Waals surface area contributed by atoms with Crippen LogP contribution in [0, 0.1) is 5.92 Å². The highest BCUT2D eigenvalue weighted by atomic mass is 16.5. The van der Waals surface area contributed by atoms with Gasteiger partial charge in [0.05, 0.1) is 12.3 Å². The summed E-state index contributed by atoms with van der Waals surface area (Å²) in [7, 11) is 0. The van der Waals surface area contributed by atoms with Crippen LogP contribution in [-0.4, -0.2) is 36.4 Å². The Morgan fingerprint density at radius 3 is 2.96 bits per heavy atom. The molecule has 5 nitrogen and oxygen atoms in total. The lowest BCUT2D eigenvalue weighted by molar-refractivity contribution is 0.203. The number of hydrogen-bond donors (Lipinski definition) is 2. The number of aliphatic hydroxyl groups excluding tert-OH is 1. The minimum absolute atomic E-state index is 0.295. The number of anilines is 2. The molecule has 25 heavy (non-hydrogen) atoms. The quantitative estimate of drug-likeness (QED) is 0.877.